The normalized spacial score (nSPS) is 9.67. The average Bonchev–Trinajstić information content (AvgIpc) is 2.38. The predicted molar refractivity (Wildman–Crippen MR) is 66.5 cm³/mol. The van der Waals surface area contributed by atoms with Gasteiger partial charge in [0, 0.05) is 13.5 Å². The molecule has 98 valence electrons. The highest BCUT2D eigenvalue weighted by Crippen LogP contribution is 2.05. The van der Waals surface area contributed by atoms with E-state index in [2.05, 4.69) is 5.32 Å². The van der Waals surface area contributed by atoms with E-state index in [-0.39, 0.29) is 19.2 Å². The van der Waals surface area contributed by atoms with Crippen LogP contribution in [0.3, 0.4) is 0 Å². The van der Waals surface area contributed by atoms with Crippen molar-refractivity contribution in [1.82, 2.24) is 5.32 Å². The molecular formula is C13H17NO4. The van der Waals surface area contributed by atoms with Crippen molar-refractivity contribution in [3.8, 4) is 0 Å². The Hall–Kier alpha value is -2.04. The first-order chi connectivity index (χ1) is 8.63. The molecule has 0 bridgehead atoms. The highest BCUT2D eigenvalue weighted by Gasteiger charge is 2.06. The minimum Gasteiger partial charge on any atom is -0.462 e. The third-order valence-electron chi connectivity index (χ3n) is 2.25. The monoisotopic (exact) mass is 251 g/mol. The van der Waals surface area contributed by atoms with Crippen molar-refractivity contribution in [2.75, 3.05) is 20.3 Å². The van der Waals surface area contributed by atoms with Gasteiger partial charge in [-0.05, 0) is 19.1 Å². The summed E-state index contributed by atoms with van der Waals surface area (Å²) in [5.41, 5.74) is 1.61. The van der Waals surface area contributed by atoms with Crippen LogP contribution in [0.2, 0.25) is 0 Å². The Balaban J connectivity index is 2.21. The molecule has 0 atom stereocenters. The van der Waals surface area contributed by atoms with Crippen LogP contribution >= 0.6 is 0 Å². The zero-order valence-electron chi connectivity index (χ0n) is 10.6. The Morgan fingerprint density at radius 3 is 2.33 bits per heavy atom. The van der Waals surface area contributed by atoms with Crippen molar-refractivity contribution in [3.63, 3.8) is 0 Å². The molecular weight excluding hydrogens is 234 g/mol. The molecule has 0 fully saturated rings. The number of benzene rings is 1. The predicted octanol–water partition coefficient (Wildman–Crippen LogP) is 1.90. The molecule has 0 aliphatic heterocycles. The van der Waals surface area contributed by atoms with E-state index >= 15 is 0 Å². The summed E-state index contributed by atoms with van der Waals surface area (Å²) in [6, 6.07) is 7.15. The largest absolute Gasteiger partial charge is 0.462 e. The molecule has 18 heavy (non-hydrogen) atoms. The lowest BCUT2D eigenvalue weighted by atomic mass is 10.1. The second-order valence-corrected chi connectivity index (χ2v) is 3.74. The highest BCUT2D eigenvalue weighted by atomic mass is 16.6. The number of nitrogens with one attached hydrogen (secondary N) is 1. The lowest BCUT2D eigenvalue weighted by molar-refractivity contribution is 0.0475. The van der Waals surface area contributed by atoms with Crippen LogP contribution < -0.4 is 5.32 Å². The van der Waals surface area contributed by atoms with Crippen LogP contribution in [0, 0.1) is 6.92 Å². The van der Waals surface area contributed by atoms with Gasteiger partial charge in [-0.25, -0.2) is 9.59 Å². The summed E-state index contributed by atoms with van der Waals surface area (Å²) in [6.07, 6.45) is -0.00904. The van der Waals surface area contributed by atoms with Crippen molar-refractivity contribution in [2.24, 2.45) is 0 Å². The molecule has 1 N–H and O–H groups in total. The second kappa shape index (κ2) is 7.32. The van der Waals surface area contributed by atoms with Gasteiger partial charge in [-0.1, -0.05) is 17.7 Å². The van der Waals surface area contributed by atoms with E-state index in [4.69, 9.17) is 9.47 Å². The number of carbonyl (C=O) groups is 2. The summed E-state index contributed by atoms with van der Waals surface area (Å²) >= 11 is 0. The topological polar surface area (TPSA) is 64.6 Å². The lowest BCUT2D eigenvalue weighted by Gasteiger charge is -2.06. The van der Waals surface area contributed by atoms with Crippen LogP contribution in [0.15, 0.2) is 24.3 Å². The number of alkyl carbamates (subject to hydrolysis) is 1. The van der Waals surface area contributed by atoms with Gasteiger partial charge in [-0.3, -0.25) is 0 Å². The number of hydrogen-bond donors (Lipinski definition) is 1. The fourth-order valence-electron chi connectivity index (χ4n) is 1.23. The molecule has 0 aromatic heterocycles. The zero-order chi connectivity index (χ0) is 13.4. The van der Waals surface area contributed by atoms with E-state index in [1.807, 2.05) is 19.1 Å². The molecule has 1 amide bonds. The van der Waals surface area contributed by atoms with Gasteiger partial charge in [-0.15, -0.1) is 0 Å². The standard InChI is InChI=1S/C13H17NO4/c1-10-4-6-11(7-5-10)12(15)17-8-3-9-18-13(16)14-2/h4-7H,3,8-9H2,1-2H3,(H,14,16). The van der Waals surface area contributed by atoms with Gasteiger partial charge in [-0.2, -0.15) is 0 Å². The Bertz CT molecular complexity index is 400. The fraction of sp³-hybridized carbons (Fsp3) is 0.385. The van der Waals surface area contributed by atoms with Crippen LogP contribution in [0.1, 0.15) is 22.3 Å². The van der Waals surface area contributed by atoms with Crippen molar-refractivity contribution in [3.05, 3.63) is 35.4 Å². The van der Waals surface area contributed by atoms with Gasteiger partial charge in [0.1, 0.15) is 0 Å². The van der Waals surface area contributed by atoms with Crippen LogP contribution in [0.25, 0.3) is 0 Å². The smallest absolute Gasteiger partial charge is 0.406 e. The number of aryl methyl sites for hydroxylation is 1. The molecule has 0 radical (unpaired) electrons. The highest BCUT2D eigenvalue weighted by molar-refractivity contribution is 5.89. The third kappa shape index (κ3) is 4.86. The maximum absolute atomic E-state index is 11.6. The van der Waals surface area contributed by atoms with Crippen molar-refractivity contribution in [2.45, 2.75) is 13.3 Å². The van der Waals surface area contributed by atoms with Crippen LogP contribution in [-0.4, -0.2) is 32.3 Å². The quantitative estimate of drug-likeness (QED) is 0.641. The van der Waals surface area contributed by atoms with E-state index in [1.165, 1.54) is 7.05 Å². The fourth-order valence-corrected chi connectivity index (χ4v) is 1.23. The molecule has 0 unspecified atom stereocenters. The molecule has 5 heteroatoms. The molecule has 0 heterocycles. The number of amides is 1. The van der Waals surface area contributed by atoms with Gasteiger partial charge in [0.05, 0.1) is 18.8 Å². The first-order valence-electron chi connectivity index (χ1n) is 5.72. The SMILES string of the molecule is CNC(=O)OCCCOC(=O)c1ccc(C)cc1. The molecule has 1 aromatic rings. The summed E-state index contributed by atoms with van der Waals surface area (Å²) in [5.74, 6) is -0.366. The Morgan fingerprint density at radius 2 is 1.72 bits per heavy atom. The van der Waals surface area contributed by atoms with E-state index < -0.39 is 6.09 Å². The average molecular weight is 251 g/mol. The van der Waals surface area contributed by atoms with Crippen LogP contribution in [-0.2, 0) is 9.47 Å². The minimum atomic E-state index is -0.486. The first-order valence-corrected chi connectivity index (χ1v) is 5.72. The Labute approximate surface area is 106 Å². The van der Waals surface area contributed by atoms with Crippen LogP contribution in [0.5, 0.6) is 0 Å². The molecule has 0 aliphatic carbocycles. The summed E-state index contributed by atoms with van der Waals surface area (Å²) in [5, 5.41) is 2.33. The molecule has 0 spiro atoms. The maximum Gasteiger partial charge on any atom is 0.406 e. The van der Waals surface area contributed by atoms with E-state index in [0.29, 0.717) is 12.0 Å². The van der Waals surface area contributed by atoms with E-state index in [9.17, 15) is 9.59 Å². The van der Waals surface area contributed by atoms with Gasteiger partial charge < -0.3 is 14.8 Å². The van der Waals surface area contributed by atoms with Gasteiger partial charge >= 0.3 is 12.1 Å². The molecule has 1 rings (SSSR count). The molecule has 1 aromatic carbocycles. The van der Waals surface area contributed by atoms with Gasteiger partial charge in [0.25, 0.3) is 0 Å². The van der Waals surface area contributed by atoms with Gasteiger partial charge in [0.2, 0.25) is 0 Å². The summed E-state index contributed by atoms with van der Waals surface area (Å²) < 4.78 is 9.79. The molecule has 5 nitrogen and oxygen atoms in total. The zero-order valence-corrected chi connectivity index (χ0v) is 10.6. The number of esters is 1. The third-order valence-corrected chi connectivity index (χ3v) is 2.25. The second-order valence-electron chi connectivity index (χ2n) is 3.74. The lowest BCUT2D eigenvalue weighted by Crippen LogP contribution is -2.20. The Morgan fingerprint density at radius 1 is 1.11 bits per heavy atom. The molecule has 0 aliphatic rings. The maximum atomic E-state index is 11.6. The Kier molecular flexibility index (Phi) is 5.70. The number of ether oxygens (including phenoxy) is 2. The van der Waals surface area contributed by atoms with E-state index in [1.54, 1.807) is 12.1 Å². The number of carbonyl (C=O) groups excluding carboxylic acids is 2. The van der Waals surface area contributed by atoms with Gasteiger partial charge in [0.15, 0.2) is 0 Å². The summed E-state index contributed by atoms with van der Waals surface area (Å²) in [7, 11) is 1.49. The van der Waals surface area contributed by atoms with Crippen molar-refractivity contribution >= 4 is 12.1 Å². The molecule has 0 saturated carbocycles. The number of hydrogen-bond acceptors (Lipinski definition) is 4. The van der Waals surface area contributed by atoms with Crippen molar-refractivity contribution < 1.29 is 19.1 Å². The first kappa shape index (κ1) is 14.0. The molecule has 0 saturated heterocycles. The van der Waals surface area contributed by atoms with Crippen LogP contribution in [0.4, 0.5) is 4.79 Å². The summed E-state index contributed by atoms with van der Waals surface area (Å²) in [4.78, 5) is 22.3. The van der Waals surface area contributed by atoms with Crippen molar-refractivity contribution in [1.29, 1.82) is 0 Å². The number of rotatable bonds is 5. The summed E-state index contributed by atoms with van der Waals surface area (Å²) in [6.45, 7) is 2.40. The van der Waals surface area contributed by atoms with E-state index in [0.717, 1.165) is 5.56 Å². The minimum absolute atomic E-state index is 0.223.